The van der Waals surface area contributed by atoms with Crippen LogP contribution in [0.4, 0.5) is 0 Å². The highest BCUT2D eigenvalue weighted by Crippen LogP contribution is 1.95. The molecule has 0 saturated heterocycles. The lowest BCUT2D eigenvalue weighted by Crippen LogP contribution is -2.29. The van der Waals surface area contributed by atoms with E-state index in [4.69, 9.17) is 11.0 Å². The number of rotatable bonds is 2. The Labute approximate surface area is 68.4 Å². The van der Waals surface area contributed by atoms with Gasteiger partial charge in [0.25, 0.3) is 0 Å². The van der Waals surface area contributed by atoms with Crippen LogP contribution in [-0.2, 0) is 0 Å². The summed E-state index contributed by atoms with van der Waals surface area (Å²) in [4.78, 5) is 0. The quantitative estimate of drug-likeness (QED) is 0.478. The Hall–Kier alpha value is -0.990. The molecule has 2 heteroatoms. The summed E-state index contributed by atoms with van der Waals surface area (Å²) in [6, 6.07) is 2.07. The maximum Gasteiger partial charge on any atom is 0.0719 e. The topological polar surface area (TPSA) is 49.8 Å². The van der Waals surface area contributed by atoms with E-state index in [2.05, 4.69) is 17.9 Å². The van der Waals surface area contributed by atoms with Crippen LogP contribution in [0.5, 0.6) is 0 Å². The smallest absolute Gasteiger partial charge is 0.0719 e. The third-order valence-electron chi connectivity index (χ3n) is 1.00. The summed E-state index contributed by atoms with van der Waals surface area (Å²) in [5.74, 6) is 5.83. The van der Waals surface area contributed by atoms with E-state index in [1.54, 1.807) is 0 Å². The van der Waals surface area contributed by atoms with Gasteiger partial charge in [-0.3, -0.25) is 0 Å². The molecule has 0 spiro atoms. The van der Waals surface area contributed by atoms with Gasteiger partial charge in [-0.05, 0) is 20.3 Å². The molecule has 0 aromatic carbocycles. The summed E-state index contributed by atoms with van der Waals surface area (Å²) in [6.07, 6.45) is 2.20. The van der Waals surface area contributed by atoms with E-state index >= 15 is 0 Å². The number of hydrogen-bond acceptors (Lipinski definition) is 2. The number of nitriles is 1. The Morgan fingerprint density at radius 1 is 1.36 bits per heavy atom. The Kier molecular flexibility index (Phi) is 4.34. The van der Waals surface area contributed by atoms with Crippen LogP contribution < -0.4 is 5.73 Å². The molecule has 0 fully saturated rings. The minimum absolute atomic E-state index is 0.396. The Bertz CT molecular complexity index is 194. The van der Waals surface area contributed by atoms with E-state index in [1.165, 1.54) is 0 Å². The van der Waals surface area contributed by atoms with Crippen molar-refractivity contribution in [2.75, 3.05) is 0 Å². The molecule has 0 aliphatic heterocycles. The minimum Gasteiger partial charge on any atom is -0.316 e. The fourth-order valence-electron chi connectivity index (χ4n) is 0.546. The predicted octanol–water partition coefficient (Wildman–Crippen LogP) is 1.42. The van der Waals surface area contributed by atoms with Gasteiger partial charge in [-0.15, -0.1) is 5.92 Å². The predicted molar refractivity (Wildman–Crippen MR) is 45.5 cm³/mol. The summed E-state index contributed by atoms with van der Waals surface area (Å²) in [5, 5.41) is 8.20. The van der Waals surface area contributed by atoms with Gasteiger partial charge in [0, 0.05) is 12.8 Å². The average molecular weight is 150 g/mol. The number of unbranched alkanes of at least 4 members (excludes halogenated alkanes) is 2. The second kappa shape index (κ2) is 4.77. The zero-order valence-corrected chi connectivity index (χ0v) is 7.15. The van der Waals surface area contributed by atoms with Crippen LogP contribution in [-0.4, -0.2) is 5.54 Å². The van der Waals surface area contributed by atoms with Crippen LogP contribution >= 0.6 is 0 Å². The molecule has 0 rings (SSSR count). The number of nitrogens with zero attached hydrogens (tertiary/aromatic N) is 1. The third kappa shape index (κ3) is 9.01. The van der Waals surface area contributed by atoms with E-state index in [0.717, 1.165) is 12.8 Å². The van der Waals surface area contributed by atoms with Crippen molar-refractivity contribution in [3.05, 3.63) is 0 Å². The van der Waals surface area contributed by atoms with E-state index in [-0.39, 0.29) is 0 Å². The van der Waals surface area contributed by atoms with Gasteiger partial charge in [-0.1, -0.05) is 5.92 Å². The molecule has 0 amide bonds. The fraction of sp³-hybridized carbons (Fsp3) is 0.667. The zero-order chi connectivity index (χ0) is 8.74. The fourth-order valence-corrected chi connectivity index (χ4v) is 0.546. The summed E-state index contributed by atoms with van der Waals surface area (Å²) >= 11 is 0. The Morgan fingerprint density at radius 3 is 2.45 bits per heavy atom. The molecule has 0 radical (unpaired) electrons. The molecule has 0 atom stereocenters. The Balaban J connectivity index is 3.51. The van der Waals surface area contributed by atoms with E-state index in [9.17, 15) is 0 Å². The van der Waals surface area contributed by atoms with E-state index in [0.29, 0.717) is 6.42 Å². The van der Waals surface area contributed by atoms with Crippen molar-refractivity contribution in [2.24, 2.45) is 5.73 Å². The first kappa shape index (κ1) is 10.0. The number of nitrogens with two attached hydrogens (primary N) is 1. The first-order valence-corrected chi connectivity index (χ1v) is 3.72. The van der Waals surface area contributed by atoms with Gasteiger partial charge in [-0.2, -0.15) is 5.26 Å². The molecule has 0 unspecified atom stereocenters. The molecule has 2 nitrogen and oxygen atoms in total. The maximum absolute atomic E-state index is 8.20. The molecule has 0 aromatic heterocycles. The van der Waals surface area contributed by atoms with Crippen molar-refractivity contribution in [1.29, 1.82) is 5.26 Å². The van der Waals surface area contributed by atoms with Gasteiger partial charge in [-0.25, -0.2) is 0 Å². The normalized spacial score (nSPS) is 9.64. The van der Waals surface area contributed by atoms with Gasteiger partial charge in [0.05, 0.1) is 11.6 Å². The van der Waals surface area contributed by atoms with Gasteiger partial charge in [0.15, 0.2) is 0 Å². The van der Waals surface area contributed by atoms with Crippen molar-refractivity contribution >= 4 is 0 Å². The SMILES string of the molecule is CC(C)(N)C#CCCCC#N. The molecule has 2 N–H and O–H groups in total. The lowest BCUT2D eigenvalue weighted by molar-refractivity contribution is 0.679. The van der Waals surface area contributed by atoms with Crippen LogP contribution in [0.1, 0.15) is 33.1 Å². The van der Waals surface area contributed by atoms with Gasteiger partial charge in [0.2, 0.25) is 0 Å². The highest BCUT2D eigenvalue weighted by Gasteiger charge is 2.02. The summed E-state index contributed by atoms with van der Waals surface area (Å²) in [7, 11) is 0. The second-order valence-electron chi connectivity index (χ2n) is 3.04. The van der Waals surface area contributed by atoms with Crippen LogP contribution in [0.2, 0.25) is 0 Å². The monoisotopic (exact) mass is 150 g/mol. The molecule has 11 heavy (non-hydrogen) atoms. The van der Waals surface area contributed by atoms with Gasteiger partial charge >= 0.3 is 0 Å². The molecular weight excluding hydrogens is 136 g/mol. The van der Waals surface area contributed by atoms with Crippen molar-refractivity contribution in [1.82, 2.24) is 0 Å². The summed E-state index contributed by atoms with van der Waals surface area (Å²) in [5.41, 5.74) is 5.22. The third-order valence-corrected chi connectivity index (χ3v) is 1.00. The molecular formula is C9H14N2. The van der Waals surface area contributed by atoms with Crippen LogP contribution in [0.3, 0.4) is 0 Å². The van der Waals surface area contributed by atoms with Crippen molar-refractivity contribution in [3.8, 4) is 17.9 Å². The molecule has 0 heterocycles. The summed E-state index contributed by atoms with van der Waals surface area (Å²) < 4.78 is 0. The van der Waals surface area contributed by atoms with Crippen LogP contribution in [0.25, 0.3) is 0 Å². The maximum atomic E-state index is 8.20. The van der Waals surface area contributed by atoms with E-state index < -0.39 is 5.54 Å². The minimum atomic E-state index is -0.396. The second-order valence-corrected chi connectivity index (χ2v) is 3.04. The Morgan fingerprint density at radius 2 is 2.00 bits per heavy atom. The standard InChI is InChI=1S/C9H14N2/c1-9(2,11)7-5-3-4-6-8-10/h3-4,6,11H2,1-2H3. The van der Waals surface area contributed by atoms with Crippen molar-refractivity contribution < 1.29 is 0 Å². The molecule has 0 bridgehead atoms. The van der Waals surface area contributed by atoms with E-state index in [1.807, 2.05) is 13.8 Å². The molecule has 0 aliphatic carbocycles. The van der Waals surface area contributed by atoms with Crippen LogP contribution in [0.15, 0.2) is 0 Å². The summed E-state index contributed by atoms with van der Waals surface area (Å²) in [6.45, 7) is 3.73. The number of hydrogen-bond donors (Lipinski definition) is 1. The van der Waals surface area contributed by atoms with Gasteiger partial charge < -0.3 is 5.73 Å². The first-order chi connectivity index (χ1) is 5.06. The lowest BCUT2D eigenvalue weighted by atomic mass is 10.1. The molecule has 0 aromatic rings. The highest BCUT2D eigenvalue weighted by molar-refractivity contribution is 5.12. The molecule has 60 valence electrons. The molecule has 0 aliphatic rings. The molecule has 0 saturated carbocycles. The lowest BCUT2D eigenvalue weighted by Gasteiger charge is -2.07. The highest BCUT2D eigenvalue weighted by atomic mass is 14.7. The van der Waals surface area contributed by atoms with Crippen molar-refractivity contribution in [2.45, 2.75) is 38.6 Å². The average Bonchev–Trinajstić information content (AvgIpc) is 1.85. The van der Waals surface area contributed by atoms with Crippen molar-refractivity contribution in [3.63, 3.8) is 0 Å². The largest absolute Gasteiger partial charge is 0.316 e. The zero-order valence-electron chi connectivity index (χ0n) is 7.15. The van der Waals surface area contributed by atoms with Gasteiger partial charge in [0.1, 0.15) is 0 Å². The van der Waals surface area contributed by atoms with Crippen LogP contribution in [0, 0.1) is 23.2 Å². The first-order valence-electron chi connectivity index (χ1n) is 3.72.